The molecule has 0 N–H and O–H groups in total. The molecule has 2 aromatic rings. The van der Waals surface area contributed by atoms with Crippen LogP contribution in [0.25, 0.3) is 0 Å². The first kappa shape index (κ1) is 17.6. The lowest BCUT2D eigenvalue weighted by atomic mass is 10.1. The Kier molecular flexibility index (Phi) is 6.01. The molecule has 0 bridgehead atoms. The van der Waals surface area contributed by atoms with Gasteiger partial charge < -0.3 is 4.74 Å². The highest BCUT2D eigenvalue weighted by Gasteiger charge is 2.17. The van der Waals surface area contributed by atoms with Crippen molar-refractivity contribution in [3.8, 4) is 5.75 Å². The van der Waals surface area contributed by atoms with Gasteiger partial charge in [0.15, 0.2) is 0 Å². The molecule has 2 aromatic carbocycles. The number of benzene rings is 2. The predicted molar refractivity (Wildman–Crippen MR) is 100 cm³/mol. The summed E-state index contributed by atoms with van der Waals surface area (Å²) in [7, 11) is 1.71. The van der Waals surface area contributed by atoms with E-state index in [0.717, 1.165) is 45.0 Å². The molecule has 0 radical (unpaired) electrons. The van der Waals surface area contributed by atoms with E-state index in [1.165, 1.54) is 11.1 Å². The molecular weight excluding hydrogens is 343 g/mol. The summed E-state index contributed by atoms with van der Waals surface area (Å²) in [5.41, 5.74) is 2.51. The molecule has 0 aliphatic carbocycles. The normalized spacial score (nSPS) is 16.3. The van der Waals surface area contributed by atoms with Crippen molar-refractivity contribution in [1.29, 1.82) is 0 Å². The summed E-state index contributed by atoms with van der Waals surface area (Å²) in [5, 5.41) is 1.24. The summed E-state index contributed by atoms with van der Waals surface area (Å²) in [6.07, 6.45) is 0. The molecule has 1 saturated heterocycles. The van der Waals surface area contributed by atoms with Crippen molar-refractivity contribution in [2.75, 3.05) is 33.3 Å². The van der Waals surface area contributed by atoms with Crippen LogP contribution in [0.5, 0.6) is 5.75 Å². The number of piperazine rings is 1. The molecule has 0 atom stereocenters. The number of methoxy groups -OCH3 is 1. The number of halogens is 2. The molecule has 128 valence electrons. The van der Waals surface area contributed by atoms with Crippen molar-refractivity contribution >= 4 is 23.2 Å². The van der Waals surface area contributed by atoms with Crippen LogP contribution in [0.4, 0.5) is 0 Å². The van der Waals surface area contributed by atoms with E-state index in [2.05, 4.69) is 34.1 Å². The first-order valence-corrected chi connectivity index (χ1v) is 8.91. The van der Waals surface area contributed by atoms with Crippen LogP contribution in [-0.4, -0.2) is 43.1 Å². The van der Waals surface area contributed by atoms with E-state index in [0.29, 0.717) is 10.0 Å². The van der Waals surface area contributed by atoms with Crippen LogP contribution in [0.2, 0.25) is 10.0 Å². The standard InChI is InChI=1S/C19H22Cl2N2O/c1-24-17-4-2-3-15(11-17)13-22-7-9-23(10-8-22)14-16-5-6-18(20)19(21)12-16/h2-6,11-12H,7-10,13-14H2,1H3. The Hall–Kier alpha value is -1.26. The monoisotopic (exact) mass is 364 g/mol. The van der Waals surface area contributed by atoms with Crippen LogP contribution in [0.1, 0.15) is 11.1 Å². The van der Waals surface area contributed by atoms with Crippen molar-refractivity contribution in [2.24, 2.45) is 0 Å². The maximum atomic E-state index is 6.10. The Morgan fingerprint density at radius 3 is 2.04 bits per heavy atom. The molecule has 1 fully saturated rings. The van der Waals surface area contributed by atoms with Gasteiger partial charge in [0.1, 0.15) is 5.75 Å². The maximum Gasteiger partial charge on any atom is 0.119 e. The predicted octanol–water partition coefficient (Wildman–Crippen LogP) is 4.32. The lowest BCUT2D eigenvalue weighted by Gasteiger charge is -2.34. The van der Waals surface area contributed by atoms with Crippen LogP contribution in [-0.2, 0) is 13.1 Å². The van der Waals surface area contributed by atoms with Gasteiger partial charge in [-0.25, -0.2) is 0 Å². The summed E-state index contributed by atoms with van der Waals surface area (Å²) in [4.78, 5) is 4.95. The number of nitrogens with zero attached hydrogens (tertiary/aromatic N) is 2. The van der Waals surface area contributed by atoms with E-state index in [1.807, 2.05) is 18.2 Å². The topological polar surface area (TPSA) is 15.7 Å². The van der Waals surface area contributed by atoms with Crippen LogP contribution >= 0.6 is 23.2 Å². The largest absolute Gasteiger partial charge is 0.497 e. The number of hydrogen-bond donors (Lipinski definition) is 0. The zero-order valence-corrected chi connectivity index (χ0v) is 15.4. The molecule has 0 amide bonds. The molecular formula is C19H22Cl2N2O. The zero-order valence-electron chi connectivity index (χ0n) is 13.8. The first-order valence-electron chi connectivity index (χ1n) is 8.15. The molecule has 3 nitrogen and oxygen atoms in total. The van der Waals surface area contributed by atoms with E-state index >= 15 is 0 Å². The molecule has 0 saturated carbocycles. The van der Waals surface area contributed by atoms with Crippen molar-refractivity contribution in [1.82, 2.24) is 9.80 Å². The SMILES string of the molecule is COc1cccc(CN2CCN(Cc3ccc(Cl)c(Cl)c3)CC2)c1. The molecule has 1 heterocycles. The Morgan fingerprint density at radius 2 is 1.46 bits per heavy atom. The summed E-state index contributed by atoms with van der Waals surface area (Å²) >= 11 is 12.1. The highest BCUT2D eigenvalue weighted by molar-refractivity contribution is 6.42. The van der Waals surface area contributed by atoms with Gasteiger partial charge >= 0.3 is 0 Å². The number of ether oxygens (including phenoxy) is 1. The van der Waals surface area contributed by atoms with E-state index in [9.17, 15) is 0 Å². The van der Waals surface area contributed by atoms with Crippen molar-refractivity contribution in [2.45, 2.75) is 13.1 Å². The molecule has 3 rings (SSSR count). The van der Waals surface area contributed by atoms with Crippen LogP contribution in [0.3, 0.4) is 0 Å². The van der Waals surface area contributed by atoms with Crippen molar-refractivity contribution in [3.63, 3.8) is 0 Å². The van der Waals surface area contributed by atoms with Gasteiger partial charge in [0.25, 0.3) is 0 Å². The number of rotatable bonds is 5. The van der Waals surface area contributed by atoms with Gasteiger partial charge in [-0.05, 0) is 35.4 Å². The number of hydrogen-bond acceptors (Lipinski definition) is 3. The fourth-order valence-corrected chi connectivity index (χ4v) is 3.35. The third kappa shape index (κ3) is 4.64. The van der Waals surface area contributed by atoms with E-state index in [4.69, 9.17) is 27.9 Å². The lowest BCUT2D eigenvalue weighted by Crippen LogP contribution is -2.45. The van der Waals surface area contributed by atoms with Gasteiger partial charge in [0, 0.05) is 39.3 Å². The molecule has 24 heavy (non-hydrogen) atoms. The van der Waals surface area contributed by atoms with Crippen LogP contribution in [0.15, 0.2) is 42.5 Å². The van der Waals surface area contributed by atoms with Crippen molar-refractivity contribution < 1.29 is 4.74 Å². The molecule has 0 unspecified atom stereocenters. The first-order chi connectivity index (χ1) is 11.6. The van der Waals surface area contributed by atoms with E-state index in [-0.39, 0.29) is 0 Å². The summed E-state index contributed by atoms with van der Waals surface area (Å²) in [6.45, 7) is 6.15. The molecule has 5 heteroatoms. The summed E-state index contributed by atoms with van der Waals surface area (Å²) in [5.74, 6) is 0.922. The molecule has 0 spiro atoms. The van der Waals surface area contributed by atoms with Gasteiger partial charge in [-0.2, -0.15) is 0 Å². The molecule has 0 aromatic heterocycles. The Balaban J connectivity index is 1.51. The minimum Gasteiger partial charge on any atom is -0.497 e. The third-order valence-corrected chi connectivity index (χ3v) is 5.13. The maximum absolute atomic E-state index is 6.10. The second-order valence-corrected chi connectivity index (χ2v) is 6.97. The second-order valence-electron chi connectivity index (χ2n) is 6.15. The van der Waals surface area contributed by atoms with Crippen LogP contribution in [0, 0.1) is 0 Å². The van der Waals surface area contributed by atoms with Gasteiger partial charge in [-0.3, -0.25) is 9.80 Å². The Bertz CT molecular complexity index is 685. The van der Waals surface area contributed by atoms with Crippen LogP contribution < -0.4 is 4.74 Å². The lowest BCUT2D eigenvalue weighted by molar-refractivity contribution is 0.122. The minimum absolute atomic E-state index is 0.614. The molecule has 1 aliphatic rings. The van der Waals surface area contributed by atoms with E-state index in [1.54, 1.807) is 7.11 Å². The quantitative estimate of drug-likeness (QED) is 0.785. The fourth-order valence-electron chi connectivity index (χ4n) is 3.03. The fraction of sp³-hybridized carbons (Fsp3) is 0.368. The van der Waals surface area contributed by atoms with Gasteiger partial charge in [0.05, 0.1) is 17.2 Å². The Labute approximate surface area is 153 Å². The minimum atomic E-state index is 0.614. The average Bonchev–Trinajstić information content (AvgIpc) is 2.60. The second kappa shape index (κ2) is 8.21. The van der Waals surface area contributed by atoms with Gasteiger partial charge in [0.2, 0.25) is 0 Å². The summed E-state index contributed by atoms with van der Waals surface area (Å²) < 4.78 is 5.30. The third-order valence-electron chi connectivity index (χ3n) is 4.40. The van der Waals surface area contributed by atoms with Crippen molar-refractivity contribution in [3.05, 3.63) is 63.6 Å². The average molecular weight is 365 g/mol. The Morgan fingerprint density at radius 1 is 0.833 bits per heavy atom. The molecule has 1 aliphatic heterocycles. The smallest absolute Gasteiger partial charge is 0.119 e. The highest BCUT2D eigenvalue weighted by atomic mass is 35.5. The van der Waals surface area contributed by atoms with Gasteiger partial charge in [-0.1, -0.05) is 41.4 Å². The highest BCUT2D eigenvalue weighted by Crippen LogP contribution is 2.23. The summed E-state index contributed by atoms with van der Waals surface area (Å²) in [6, 6.07) is 14.2. The zero-order chi connectivity index (χ0) is 16.9. The van der Waals surface area contributed by atoms with Gasteiger partial charge in [-0.15, -0.1) is 0 Å². The van der Waals surface area contributed by atoms with E-state index < -0.39 is 0 Å².